The summed E-state index contributed by atoms with van der Waals surface area (Å²) in [5.41, 5.74) is 3.44. The Bertz CT molecular complexity index is 1540. The van der Waals surface area contributed by atoms with E-state index in [1.165, 1.54) is 15.4 Å². The highest BCUT2D eigenvalue weighted by atomic mass is 35.5. The van der Waals surface area contributed by atoms with Gasteiger partial charge in [0.05, 0.1) is 28.0 Å². The van der Waals surface area contributed by atoms with E-state index in [0.717, 1.165) is 69.0 Å². The number of anilines is 2. The number of ketones is 1. The zero-order valence-electron chi connectivity index (χ0n) is 26.8. The number of carbonyl (C=O) groups is 5. The summed E-state index contributed by atoms with van der Waals surface area (Å²) in [6, 6.07) is 9.59. The highest BCUT2D eigenvalue weighted by molar-refractivity contribution is 6.45. The zero-order valence-corrected chi connectivity index (χ0v) is 28.4. The molecule has 3 aliphatic rings. The third-order valence-corrected chi connectivity index (χ3v) is 9.90. The topological polar surface area (TPSA) is 140 Å². The fourth-order valence-electron chi connectivity index (χ4n) is 6.29. The molecule has 0 aromatic heterocycles. The minimum absolute atomic E-state index is 0.202. The number of carboxylic acid groups (broad SMARTS) is 1. The number of unbranched alkanes of at least 4 members (excludes halogenated alkanes) is 1. The number of carbonyl (C=O) groups excluding carboxylic acids is 4. The lowest BCUT2D eigenvalue weighted by molar-refractivity contribution is -0.147. The molecule has 3 amide bonds. The Balaban J connectivity index is 1.01. The Morgan fingerprint density at radius 2 is 1.48 bits per heavy atom. The number of hydrogen-bond acceptors (Lipinski definition) is 8. The lowest BCUT2D eigenvalue weighted by Gasteiger charge is -2.36. The number of aliphatic carboxylic acids is 1. The highest BCUT2D eigenvalue weighted by Gasteiger charge is 2.27. The molecule has 0 radical (unpaired) electrons. The second kappa shape index (κ2) is 16.5. The molecule has 0 saturated carbocycles. The van der Waals surface area contributed by atoms with Gasteiger partial charge in [-0.25, -0.2) is 0 Å². The van der Waals surface area contributed by atoms with Gasteiger partial charge in [-0.1, -0.05) is 29.3 Å². The van der Waals surface area contributed by atoms with Gasteiger partial charge >= 0.3 is 5.97 Å². The maximum atomic E-state index is 12.7. The van der Waals surface area contributed by atoms with Gasteiger partial charge in [-0.05, 0) is 61.2 Å². The maximum Gasteiger partial charge on any atom is 0.312 e. The monoisotopic (exact) mass is 701 g/mol. The molecular formula is C34H41Cl2N5O7. The molecule has 2 saturated heterocycles. The Morgan fingerprint density at radius 1 is 0.792 bits per heavy atom. The third kappa shape index (κ3) is 9.39. The summed E-state index contributed by atoms with van der Waals surface area (Å²) in [6.45, 7) is 5.76. The van der Waals surface area contributed by atoms with Crippen molar-refractivity contribution in [3.05, 3.63) is 51.5 Å². The van der Waals surface area contributed by atoms with Crippen LogP contribution in [0.25, 0.3) is 0 Å². The molecule has 1 aliphatic carbocycles. The molecule has 2 fully saturated rings. The van der Waals surface area contributed by atoms with Crippen LogP contribution < -0.4 is 15.0 Å². The van der Waals surface area contributed by atoms with Crippen LogP contribution in [0.5, 0.6) is 5.75 Å². The molecule has 2 aliphatic heterocycles. The van der Waals surface area contributed by atoms with Crippen molar-refractivity contribution in [3.8, 4) is 5.75 Å². The van der Waals surface area contributed by atoms with Crippen LogP contribution in [0.15, 0.2) is 30.3 Å². The van der Waals surface area contributed by atoms with E-state index in [-0.39, 0.29) is 31.2 Å². The van der Waals surface area contributed by atoms with Crippen molar-refractivity contribution in [2.24, 2.45) is 0 Å². The minimum atomic E-state index is -1.20. The van der Waals surface area contributed by atoms with Crippen LogP contribution in [0.2, 0.25) is 10.0 Å². The van der Waals surface area contributed by atoms with Gasteiger partial charge < -0.3 is 29.9 Å². The van der Waals surface area contributed by atoms with Crippen LogP contribution >= 0.6 is 23.2 Å². The van der Waals surface area contributed by atoms with Crippen molar-refractivity contribution in [1.29, 1.82) is 0 Å². The minimum Gasteiger partial charge on any atom is -0.494 e. The van der Waals surface area contributed by atoms with E-state index in [9.17, 15) is 24.0 Å². The molecule has 2 aromatic carbocycles. The Labute approximate surface area is 289 Å². The molecule has 48 heavy (non-hydrogen) atoms. The number of Topliss-reactive ketones (excluding diaryl/α,β-unsaturated/α-hetero) is 1. The molecule has 2 heterocycles. The van der Waals surface area contributed by atoms with Crippen molar-refractivity contribution in [2.75, 3.05) is 75.7 Å². The summed E-state index contributed by atoms with van der Waals surface area (Å²) in [5, 5.41) is 12.0. The third-order valence-electron chi connectivity index (χ3n) is 9.02. The summed E-state index contributed by atoms with van der Waals surface area (Å²) in [4.78, 5) is 67.3. The number of aryl methyl sites for hydroxylation is 1. The van der Waals surface area contributed by atoms with Gasteiger partial charge in [-0.2, -0.15) is 0 Å². The molecule has 14 heteroatoms. The predicted molar refractivity (Wildman–Crippen MR) is 182 cm³/mol. The van der Waals surface area contributed by atoms with E-state index in [1.54, 1.807) is 6.07 Å². The second-order valence-corrected chi connectivity index (χ2v) is 13.1. The Morgan fingerprint density at radius 3 is 2.17 bits per heavy atom. The first kappa shape index (κ1) is 35.4. The van der Waals surface area contributed by atoms with Crippen LogP contribution in [-0.4, -0.2) is 115 Å². The lowest BCUT2D eigenvalue weighted by atomic mass is 9.91. The lowest BCUT2D eigenvalue weighted by Crippen LogP contribution is -2.51. The number of nitrogens with zero attached hydrogens (tertiary/aromatic N) is 4. The molecule has 0 bridgehead atoms. The number of benzene rings is 2. The van der Waals surface area contributed by atoms with Gasteiger partial charge in [-0.3, -0.25) is 28.9 Å². The van der Waals surface area contributed by atoms with Gasteiger partial charge in [-0.15, -0.1) is 0 Å². The number of carboxylic acids is 1. The molecule has 0 spiro atoms. The number of amides is 3. The van der Waals surface area contributed by atoms with E-state index >= 15 is 0 Å². The van der Waals surface area contributed by atoms with Crippen molar-refractivity contribution in [1.82, 2.24) is 14.7 Å². The van der Waals surface area contributed by atoms with Gasteiger partial charge in [0.25, 0.3) is 0 Å². The van der Waals surface area contributed by atoms with Gasteiger partial charge in [0.1, 0.15) is 24.4 Å². The standard InChI is InChI=1S/C34H41Cl2N5O7/c35-33-27(37-29(43)21-30(44)40-14-16-41(17-15-40)31(45)22-32(46)47)7-8-28(34(33)36)39-12-10-38(11-13-39)9-1-2-18-48-26-6-4-23-3-5-25(42)19-24(23)20-26/h4,6-8,20H,1-3,5,9-19,21-22H2,(H,37,43)(H,46,47). The number of nitrogens with one attached hydrogen (secondary N) is 1. The first-order valence-corrected chi connectivity index (χ1v) is 17.1. The summed E-state index contributed by atoms with van der Waals surface area (Å²) < 4.78 is 5.96. The fraction of sp³-hybridized carbons (Fsp3) is 0.500. The zero-order chi connectivity index (χ0) is 34.2. The van der Waals surface area contributed by atoms with Crippen molar-refractivity contribution in [2.45, 2.75) is 44.9 Å². The molecule has 0 unspecified atom stereocenters. The summed E-state index contributed by atoms with van der Waals surface area (Å²) in [5.74, 6) is -1.50. The molecule has 5 rings (SSSR count). The van der Waals surface area contributed by atoms with E-state index in [1.807, 2.05) is 18.2 Å². The maximum absolute atomic E-state index is 12.7. The Hall–Kier alpha value is -3.87. The summed E-state index contributed by atoms with van der Waals surface area (Å²) in [7, 11) is 0. The van der Waals surface area contributed by atoms with Gasteiger partial charge in [0.15, 0.2) is 0 Å². The van der Waals surface area contributed by atoms with Crippen molar-refractivity contribution in [3.63, 3.8) is 0 Å². The largest absolute Gasteiger partial charge is 0.494 e. The second-order valence-electron chi connectivity index (χ2n) is 12.3. The molecule has 258 valence electrons. The number of rotatable bonds is 12. The average Bonchev–Trinajstić information content (AvgIpc) is 3.06. The Kier molecular flexibility index (Phi) is 12.2. The van der Waals surface area contributed by atoms with Crippen molar-refractivity contribution < 1.29 is 33.8 Å². The first-order chi connectivity index (χ1) is 23.1. The first-order valence-electron chi connectivity index (χ1n) is 16.4. The summed E-state index contributed by atoms with van der Waals surface area (Å²) in [6.07, 6.45) is 2.91. The molecule has 2 aromatic rings. The van der Waals surface area contributed by atoms with E-state index in [2.05, 4.69) is 21.2 Å². The smallest absolute Gasteiger partial charge is 0.312 e. The van der Waals surface area contributed by atoms with Crippen LogP contribution in [0.3, 0.4) is 0 Å². The van der Waals surface area contributed by atoms with Gasteiger partial charge in [0, 0.05) is 65.2 Å². The number of ether oxygens (including phenoxy) is 1. The number of piperazine rings is 2. The average molecular weight is 703 g/mol. The molecule has 2 N–H and O–H groups in total. The quantitative estimate of drug-likeness (QED) is 0.251. The van der Waals surface area contributed by atoms with Crippen LogP contribution in [0, 0.1) is 0 Å². The number of halogens is 2. The summed E-state index contributed by atoms with van der Waals surface area (Å²) >= 11 is 13.2. The SMILES string of the molecule is O=C(O)CC(=O)N1CCN(C(=O)CC(=O)Nc2ccc(N3CCN(CCCCOc4ccc5c(c4)CC(=O)CC5)CC3)c(Cl)c2Cl)CC1. The fourth-order valence-corrected chi connectivity index (χ4v) is 6.78. The van der Waals surface area contributed by atoms with E-state index < -0.39 is 36.5 Å². The van der Waals surface area contributed by atoms with Gasteiger partial charge in [0.2, 0.25) is 17.7 Å². The van der Waals surface area contributed by atoms with E-state index in [0.29, 0.717) is 35.9 Å². The predicted octanol–water partition coefficient (Wildman–Crippen LogP) is 3.51. The number of fused-ring (bicyclic) bond motifs is 1. The van der Waals surface area contributed by atoms with Crippen LogP contribution in [0.1, 0.15) is 43.2 Å². The van der Waals surface area contributed by atoms with Crippen LogP contribution in [-0.2, 0) is 36.8 Å². The molecule has 12 nitrogen and oxygen atoms in total. The highest BCUT2D eigenvalue weighted by Crippen LogP contribution is 2.38. The van der Waals surface area contributed by atoms with E-state index in [4.69, 9.17) is 33.0 Å². The molecular weight excluding hydrogens is 661 g/mol. The van der Waals surface area contributed by atoms with Crippen molar-refractivity contribution >= 4 is 64.1 Å². The normalized spacial score (nSPS) is 16.8. The number of hydrogen-bond donors (Lipinski definition) is 2. The van der Waals surface area contributed by atoms with Crippen LogP contribution in [0.4, 0.5) is 11.4 Å². The molecule has 0 atom stereocenters.